The molecule has 4 rings (SSSR count). The number of carbonyl (C=O) groups is 3. The highest BCUT2D eigenvalue weighted by atomic mass is 17.2. The van der Waals surface area contributed by atoms with E-state index in [-0.39, 0.29) is 42.7 Å². The molecule has 0 unspecified atom stereocenters. The summed E-state index contributed by atoms with van der Waals surface area (Å²) in [6, 6.07) is 13.9. The maximum atomic E-state index is 13.2. The summed E-state index contributed by atoms with van der Waals surface area (Å²) in [6.45, 7) is 8.63. The van der Waals surface area contributed by atoms with Gasteiger partial charge in [0.05, 0.1) is 50.1 Å². The fraction of sp³-hybridized carbons (Fsp3) is 0.450. The SMILES string of the molecule is COCC[C@H](/N=C\OOC)C(=O)N[C@@H](c1ncc(-c2ccc(-c3ccc(-c4cnc([C@H](NC(=O)[C@H](CCOC)NC(=O)OC)C(C)C)[nH]4)cc3)cc2)[nH]1)C(C)C. The summed E-state index contributed by atoms with van der Waals surface area (Å²) >= 11 is 0. The third kappa shape index (κ3) is 12.0. The number of rotatable bonds is 21. The molecule has 56 heavy (non-hydrogen) atoms. The van der Waals surface area contributed by atoms with Gasteiger partial charge >= 0.3 is 6.09 Å². The lowest BCUT2D eigenvalue weighted by Gasteiger charge is -2.24. The van der Waals surface area contributed by atoms with Gasteiger partial charge < -0.3 is 45.0 Å². The standard InChI is InChI=1S/C40H54N8O8/c1-24(2)34(47-38(49)30(17-19-52-5)43-23-56-55-8)36-41-21-32(44-36)28-13-9-26(10-14-28)27-11-15-29(16-12-27)33-22-42-37(45-33)35(25(3)4)48-39(50)31(18-20-53-6)46-40(51)54-7/h9-16,21-25,30-31,34-35H,17-20H2,1-8H3,(H,41,44)(H,42,45)(H,46,51)(H,47,49)(H,48,50)/b43-23-/t30-,31-,34+,35+/m0/s1. The van der Waals surface area contributed by atoms with Gasteiger partial charge in [0.15, 0.2) is 0 Å². The van der Waals surface area contributed by atoms with E-state index in [0.717, 1.165) is 40.0 Å². The molecule has 0 radical (unpaired) electrons. The van der Waals surface area contributed by atoms with Crippen LogP contribution in [0, 0.1) is 11.8 Å². The Morgan fingerprint density at radius 1 is 0.679 bits per heavy atom. The van der Waals surface area contributed by atoms with Crippen molar-refractivity contribution in [3.05, 3.63) is 72.6 Å². The van der Waals surface area contributed by atoms with Crippen LogP contribution in [0.3, 0.4) is 0 Å². The number of methoxy groups -OCH3 is 3. The summed E-state index contributed by atoms with van der Waals surface area (Å²) in [4.78, 5) is 67.7. The van der Waals surface area contributed by atoms with Crippen molar-refractivity contribution < 1.29 is 38.4 Å². The first-order valence-corrected chi connectivity index (χ1v) is 18.4. The number of aromatic amines is 2. The van der Waals surface area contributed by atoms with Gasteiger partial charge in [-0.2, -0.15) is 4.89 Å². The highest BCUT2D eigenvalue weighted by Crippen LogP contribution is 2.29. The Bertz CT molecular complexity index is 1860. The number of ether oxygens (including phenoxy) is 3. The van der Waals surface area contributed by atoms with Crippen LogP contribution in [0.5, 0.6) is 0 Å². The number of aromatic nitrogens is 4. The number of aliphatic imine (C=N–C) groups is 1. The Balaban J connectivity index is 1.43. The maximum Gasteiger partial charge on any atom is 0.407 e. The number of hydrogen-bond donors (Lipinski definition) is 5. The van der Waals surface area contributed by atoms with E-state index in [9.17, 15) is 14.4 Å². The van der Waals surface area contributed by atoms with Gasteiger partial charge in [-0.3, -0.25) is 9.59 Å². The van der Waals surface area contributed by atoms with Crippen LogP contribution in [0.15, 0.2) is 65.9 Å². The molecule has 16 heteroatoms. The van der Waals surface area contributed by atoms with Crippen molar-refractivity contribution in [3.63, 3.8) is 0 Å². The van der Waals surface area contributed by atoms with Gasteiger partial charge in [-0.15, -0.1) is 0 Å². The summed E-state index contributed by atoms with van der Waals surface area (Å²) < 4.78 is 15.0. The molecule has 4 atom stereocenters. The molecule has 2 heterocycles. The predicted octanol–water partition coefficient (Wildman–Crippen LogP) is 5.53. The van der Waals surface area contributed by atoms with Crippen molar-refractivity contribution in [3.8, 4) is 33.6 Å². The van der Waals surface area contributed by atoms with Crippen LogP contribution in [0.1, 0.15) is 64.3 Å². The molecule has 2 aromatic heterocycles. The number of alkyl carbamates (subject to hydrolysis) is 1. The van der Waals surface area contributed by atoms with E-state index in [2.05, 4.69) is 45.8 Å². The lowest BCUT2D eigenvalue weighted by molar-refractivity contribution is -0.188. The van der Waals surface area contributed by atoms with Crippen molar-refractivity contribution >= 4 is 24.3 Å². The van der Waals surface area contributed by atoms with Crippen LogP contribution in [0.4, 0.5) is 4.79 Å². The van der Waals surface area contributed by atoms with E-state index in [1.54, 1.807) is 19.5 Å². The molecule has 4 aromatic rings. The minimum absolute atomic E-state index is 0.00169. The lowest BCUT2D eigenvalue weighted by atomic mass is 10.0. The molecular weight excluding hydrogens is 720 g/mol. The Morgan fingerprint density at radius 3 is 1.59 bits per heavy atom. The summed E-state index contributed by atoms with van der Waals surface area (Å²) in [5.74, 6) is 0.639. The van der Waals surface area contributed by atoms with E-state index in [0.29, 0.717) is 24.7 Å². The lowest BCUT2D eigenvalue weighted by Crippen LogP contribution is -2.49. The first-order valence-electron chi connectivity index (χ1n) is 18.4. The van der Waals surface area contributed by atoms with Crippen LogP contribution in [-0.4, -0.2) is 98.0 Å². The van der Waals surface area contributed by atoms with Crippen molar-refractivity contribution in [2.75, 3.05) is 41.7 Å². The molecular formula is C40H54N8O8. The van der Waals surface area contributed by atoms with E-state index in [1.165, 1.54) is 21.3 Å². The number of benzene rings is 2. The highest BCUT2D eigenvalue weighted by molar-refractivity contribution is 5.86. The van der Waals surface area contributed by atoms with E-state index in [4.69, 9.17) is 19.1 Å². The smallest absolute Gasteiger partial charge is 0.407 e. The Kier molecular flexibility index (Phi) is 16.6. The zero-order valence-electron chi connectivity index (χ0n) is 33.3. The van der Waals surface area contributed by atoms with Gasteiger partial charge in [0.2, 0.25) is 18.2 Å². The normalized spacial score (nSPS) is 13.7. The minimum atomic E-state index is -0.831. The molecule has 0 bridgehead atoms. The molecule has 0 spiro atoms. The summed E-state index contributed by atoms with van der Waals surface area (Å²) in [7, 11) is 5.70. The van der Waals surface area contributed by atoms with E-state index in [1.807, 2.05) is 76.2 Å². The second-order valence-electron chi connectivity index (χ2n) is 13.8. The predicted molar refractivity (Wildman–Crippen MR) is 211 cm³/mol. The largest absolute Gasteiger partial charge is 0.453 e. The molecule has 0 aliphatic carbocycles. The summed E-state index contributed by atoms with van der Waals surface area (Å²) in [6.07, 6.45) is 4.57. The van der Waals surface area contributed by atoms with Crippen LogP contribution in [0.2, 0.25) is 0 Å². The van der Waals surface area contributed by atoms with Gasteiger partial charge in [0.25, 0.3) is 0 Å². The average molecular weight is 775 g/mol. The van der Waals surface area contributed by atoms with Crippen molar-refractivity contribution in [1.82, 2.24) is 35.9 Å². The van der Waals surface area contributed by atoms with Crippen molar-refractivity contribution in [2.24, 2.45) is 16.8 Å². The van der Waals surface area contributed by atoms with Crippen molar-refractivity contribution in [1.29, 1.82) is 0 Å². The first-order chi connectivity index (χ1) is 27.0. The number of nitrogens with one attached hydrogen (secondary N) is 5. The summed E-state index contributed by atoms with van der Waals surface area (Å²) in [5.41, 5.74) is 5.56. The van der Waals surface area contributed by atoms with Gasteiger partial charge in [0.1, 0.15) is 23.7 Å². The Labute approximate surface area is 327 Å². The first kappa shape index (κ1) is 43.2. The molecule has 0 saturated carbocycles. The molecule has 3 amide bonds. The molecule has 0 aliphatic rings. The monoisotopic (exact) mass is 774 g/mol. The summed E-state index contributed by atoms with van der Waals surface area (Å²) in [5, 5.41) is 8.67. The fourth-order valence-corrected chi connectivity index (χ4v) is 5.92. The third-order valence-corrected chi connectivity index (χ3v) is 9.12. The van der Waals surface area contributed by atoms with Crippen molar-refractivity contribution in [2.45, 2.75) is 64.7 Å². The van der Waals surface area contributed by atoms with Crippen LogP contribution >= 0.6 is 0 Å². The fourth-order valence-electron chi connectivity index (χ4n) is 5.92. The number of carbonyl (C=O) groups excluding carboxylic acids is 3. The minimum Gasteiger partial charge on any atom is -0.453 e. The molecule has 5 N–H and O–H groups in total. The number of hydrogen-bond acceptors (Lipinski definition) is 11. The molecule has 0 saturated heterocycles. The molecule has 16 nitrogen and oxygen atoms in total. The number of nitrogens with zero attached hydrogens (tertiary/aromatic N) is 3. The Hall–Kier alpha value is -5.58. The number of amides is 3. The quantitative estimate of drug-likeness (QED) is 0.0310. The second-order valence-corrected chi connectivity index (χ2v) is 13.8. The zero-order chi connectivity index (χ0) is 40.6. The van der Waals surface area contributed by atoms with Gasteiger partial charge in [0, 0.05) is 40.3 Å². The highest BCUT2D eigenvalue weighted by Gasteiger charge is 2.28. The van der Waals surface area contributed by atoms with Gasteiger partial charge in [-0.1, -0.05) is 76.2 Å². The molecule has 0 aliphatic heterocycles. The second kappa shape index (κ2) is 21.5. The van der Waals surface area contributed by atoms with Gasteiger partial charge in [-0.05, 0) is 34.1 Å². The Morgan fingerprint density at radius 2 is 1.14 bits per heavy atom. The van der Waals surface area contributed by atoms with Gasteiger partial charge in [-0.25, -0.2) is 19.8 Å². The van der Waals surface area contributed by atoms with Crippen LogP contribution in [0.25, 0.3) is 33.6 Å². The van der Waals surface area contributed by atoms with Crippen LogP contribution in [-0.2, 0) is 33.6 Å². The molecule has 0 fully saturated rings. The molecule has 2 aromatic carbocycles. The van der Waals surface area contributed by atoms with E-state index >= 15 is 0 Å². The maximum absolute atomic E-state index is 13.2. The third-order valence-electron chi connectivity index (χ3n) is 9.12. The van der Waals surface area contributed by atoms with E-state index < -0.39 is 24.2 Å². The van der Waals surface area contributed by atoms with Crippen LogP contribution < -0.4 is 16.0 Å². The molecule has 302 valence electrons. The number of H-pyrrole nitrogens is 2. The topological polar surface area (TPSA) is 203 Å². The zero-order valence-corrected chi connectivity index (χ0v) is 33.3. The number of imidazole rings is 2. The average Bonchev–Trinajstić information content (AvgIpc) is 3.90.